The fourth-order valence-corrected chi connectivity index (χ4v) is 2.53. The minimum absolute atomic E-state index is 0.0292. The zero-order valence-electron chi connectivity index (χ0n) is 15.6. The van der Waals surface area contributed by atoms with Gasteiger partial charge in [-0.1, -0.05) is 23.7 Å². The van der Waals surface area contributed by atoms with Gasteiger partial charge in [-0.05, 0) is 48.4 Å². The van der Waals surface area contributed by atoms with Crippen LogP contribution in [0.3, 0.4) is 0 Å². The molecule has 144 valence electrons. The third-order valence-electron chi connectivity index (χ3n) is 3.82. The lowest BCUT2D eigenvalue weighted by Crippen LogP contribution is -2.37. The van der Waals surface area contributed by atoms with Crippen molar-refractivity contribution < 1.29 is 9.53 Å². The molecule has 3 N–H and O–H groups in total. The molecule has 0 aliphatic heterocycles. The van der Waals surface area contributed by atoms with Gasteiger partial charge in [0.2, 0.25) is 5.91 Å². The highest BCUT2D eigenvalue weighted by atomic mass is 35.5. The van der Waals surface area contributed by atoms with Crippen LogP contribution in [0, 0.1) is 0 Å². The summed E-state index contributed by atoms with van der Waals surface area (Å²) in [5.74, 6) is 1.48. The minimum atomic E-state index is -0.0292. The summed E-state index contributed by atoms with van der Waals surface area (Å²) in [7, 11) is 3.37. The Kier molecular flexibility index (Phi) is 8.45. The van der Waals surface area contributed by atoms with E-state index in [0.717, 1.165) is 17.0 Å². The number of guanidine groups is 1. The summed E-state index contributed by atoms with van der Waals surface area (Å²) in [5.41, 5.74) is 1.84. The van der Waals surface area contributed by atoms with Crippen LogP contribution in [0.5, 0.6) is 5.75 Å². The van der Waals surface area contributed by atoms with Crippen LogP contribution in [-0.4, -0.2) is 32.6 Å². The number of nitrogens with one attached hydrogen (secondary N) is 3. The van der Waals surface area contributed by atoms with Crippen LogP contribution in [-0.2, 0) is 11.3 Å². The third-order valence-corrected chi connectivity index (χ3v) is 4.07. The first-order valence-corrected chi connectivity index (χ1v) is 9.11. The van der Waals surface area contributed by atoms with E-state index >= 15 is 0 Å². The Balaban J connectivity index is 1.66. The number of aliphatic imine (C=N–C) groups is 1. The molecular formula is C20H25ClN4O2. The Morgan fingerprint density at radius 2 is 1.93 bits per heavy atom. The molecule has 2 rings (SSSR count). The normalized spacial score (nSPS) is 11.0. The first kappa shape index (κ1) is 20.6. The molecule has 0 atom stereocenters. The van der Waals surface area contributed by atoms with Crippen molar-refractivity contribution in [3.8, 4) is 5.75 Å². The van der Waals surface area contributed by atoms with Crippen molar-refractivity contribution in [3.63, 3.8) is 0 Å². The molecule has 2 aromatic rings. The number of halogens is 1. The van der Waals surface area contributed by atoms with Gasteiger partial charge >= 0.3 is 0 Å². The number of hydrogen-bond acceptors (Lipinski definition) is 3. The second-order valence-electron chi connectivity index (χ2n) is 5.86. The van der Waals surface area contributed by atoms with Gasteiger partial charge in [0.25, 0.3) is 0 Å². The summed E-state index contributed by atoms with van der Waals surface area (Å²) >= 11 is 5.83. The molecule has 0 aromatic heterocycles. The molecule has 0 bridgehead atoms. The number of ether oxygens (including phenoxy) is 1. The Labute approximate surface area is 165 Å². The standard InChI is InChI=1S/C20H25ClN4O2/c1-22-20(24-14-15-5-3-6-18(13-15)27-2)23-12-4-7-19(26)25-17-10-8-16(21)9-11-17/h3,5-6,8-11,13H,4,7,12,14H2,1-2H3,(H,25,26)(H2,22,23,24). The van der Waals surface area contributed by atoms with Gasteiger partial charge in [0.05, 0.1) is 7.11 Å². The fourth-order valence-electron chi connectivity index (χ4n) is 2.40. The largest absolute Gasteiger partial charge is 0.497 e. The molecule has 0 fully saturated rings. The Morgan fingerprint density at radius 3 is 2.63 bits per heavy atom. The van der Waals surface area contributed by atoms with Crippen LogP contribution in [0.2, 0.25) is 5.02 Å². The van der Waals surface area contributed by atoms with Crippen molar-refractivity contribution in [1.82, 2.24) is 10.6 Å². The number of carbonyl (C=O) groups is 1. The molecular weight excluding hydrogens is 364 g/mol. The van der Waals surface area contributed by atoms with Crippen LogP contribution < -0.4 is 20.7 Å². The molecule has 2 aromatic carbocycles. The zero-order valence-corrected chi connectivity index (χ0v) is 16.3. The van der Waals surface area contributed by atoms with Crippen molar-refractivity contribution in [2.24, 2.45) is 4.99 Å². The first-order valence-electron chi connectivity index (χ1n) is 8.73. The molecule has 7 heteroatoms. The molecule has 0 heterocycles. The summed E-state index contributed by atoms with van der Waals surface area (Å²) in [6.07, 6.45) is 1.11. The summed E-state index contributed by atoms with van der Waals surface area (Å²) in [6.45, 7) is 1.28. The number of benzene rings is 2. The number of nitrogens with zero attached hydrogens (tertiary/aromatic N) is 1. The number of amides is 1. The van der Waals surface area contributed by atoms with E-state index in [1.807, 2.05) is 24.3 Å². The lowest BCUT2D eigenvalue weighted by atomic mass is 10.2. The van der Waals surface area contributed by atoms with Gasteiger partial charge < -0.3 is 20.7 Å². The van der Waals surface area contributed by atoms with E-state index in [2.05, 4.69) is 20.9 Å². The molecule has 27 heavy (non-hydrogen) atoms. The predicted octanol–water partition coefficient (Wildman–Crippen LogP) is 3.43. The molecule has 0 radical (unpaired) electrons. The van der Waals surface area contributed by atoms with Crippen molar-refractivity contribution in [1.29, 1.82) is 0 Å². The summed E-state index contributed by atoms with van der Waals surface area (Å²) in [5, 5.41) is 9.93. The maximum atomic E-state index is 12.0. The Bertz CT molecular complexity index is 763. The molecule has 0 spiro atoms. The van der Waals surface area contributed by atoms with Gasteiger partial charge in [-0.25, -0.2) is 0 Å². The quantitative estimate of drug-likeness (QED) is 0.368. The second kappa shape index (κ2) is 11.1. The highest BCUT2D eigenvalue weighted by Gasteiger charge is 2.04. The van der Waals surface area contributed by atoms with E-state index in [1.165, 1.54) is 0 Å². The van der Waals surface area contributed by atoms with Crippen LogP contribution in [0.25, 0.3) is 0 Å². The average Bonchev–Trinajstić information content (AvgIpc) is 2.69. The van der Waals surface area contributed by atoms with E-state index < -0.39 is 0 Å². The van der Waals surface area contributed by atoms with E-state index in [1.54, 1.807) is 38.4 Å². The van der Waals surface area contributed by atoms with Gasteiger partial charge in [-0.3, -0.25) is 9.79 Å². The first-order chi connectivity index (χ1) is 13.1. The monoisotopic (exact) mass is 388 g/mol. The Hall–Kier alpha value is -2.73. The van der Waals surface area contributed by atoms with Gasteiger partial charge in [-0.2, -0.15) is 0 Å². The lowest BCUT2D eigenvalue weighted by molar-refractivity contribution is -0.116. The van der Waals surface area contributed by atoms with E-state index in [9.17, 15) is 4.79 Å². The highest BCUT2D eigenvalue weighted by molar-refractivity contribution is 6.30. The van der Waals surface area contributed by atoms with Crippen LogP contribution >= 0.6 is 11.6 Å². The highest BCUT2D eigenvalue weighted by Crippen LogP contribution is 2.14. The zero-order chi connectivity index (χ0) is 19.5. The van der Waals surface area contributed by atoms with Crippen LogP contribution in [0.1, 0.15) is 18.4 Å². The fraction of sp³-hybridized carbons (Fsp3) is 0.300. The van der Waals surface area contributed by atoms with Gasteiger partial charge in [0.15, 0.2) is 5.96 Å². The summed E-state index contributed by atoms with van der Waals surface area (Å²) < 4.78 is 5.22. The predicted molar refractivity (Wildman–Crippen MR) is 111 cm³/mol. The number of rotatable bonds is 8. The molecule has 6 nitrogen and oxygen atoms in total. The van der Waals surface area contributed by atoms with Crippen molar-refractivity contribution in [2.45, 2.75) is 19.4 Å². The molecule has 1 amide bonds. The van der Waals surface area contributed by atoms with E-state index in [4.69, 9.17) is 16.3 Å². The van der Waals surface area contributed by atoms with Gasteiger partial charge in [-0.15, -0.1) is 0 Å². The lowest BCUT2D eigenvalue weighted by Gasteiger charge is -2.12. The van der Waals surface area contributed by atoms with E-state index in [0.29, 0.717) is 36.9 Å². The smallest absolute Gasteiger partial charge is 0.224 e. The Morgan fingerprint density at radius 1 is 1.15 bits per heavy atom. The van der Waals surface area contributed by atoms with E-state index in [-0.39, 0.29) is 5.91 Å². The number of carbonyl (C=O) groups excluding carboxylic acids is 1. The summed E-state index contributed by atoms with van der Waals surface area (Å²) in [6, 6.07) is 14.9. The maximum absolute atomic E-state index is 12.0. The molecule has 0 aliphatic carbocycles. The van der Waals surface area contributed by atoms with Crippen molar-refractivity contribution >= 4 is 29.2 Å². The minimum Gasteiger partial charge on any atom is -0.497 e. The van der Waals surface area contributed by atoms with Gasteiger partial charge in [0, 0.05) is 37.3 Å². The molecule has 0 unspecified atom stereocenters. The maximum Gasteiger partial charge on any atom is 0.224 e. The van der Waals surface area contributed by atoms with Crippen LogP contribution in [0.15, 0.2) is 53.5 Å². The SMILES string of the molecule is CN=C(NCCCC(=O)Nc1ccc(Cl)cc1)NCc1cccc(OC)c1. The molecule has 0 saturated carbocycles. The number of methoxy groups -OCH3 is 1. The second-order valence-corrected chi connectivity index (χ2v) is 6.30. The van der Waals surface area contributed by atoms with Crippen LogP contribution in [0.4, 0.5) is 5.69 Å². The third kappa shape index (κ3) is 7.58. The van der Waals surface area contributed by atoms with Gasteiger partial charge in [0.1, 0.15) is 5.75 Å². The number of hydrogen-bond donors (Lipinski definition) is 3. The molecule has 0 saturated heterocycles. The number of anilines is 1. The van der Waals surface area contributed by atoms with Crippen molar-refractivity contribution in [3.05, 3.63) is 59.1 Å². The van der Waals surface area contributed by atoms with Crippen molar-refractivity contribution in [2.75, 3.05) is 26.0 Å². The topological polar surface area (TPSA) is 74.8 Å². The molecule has 0 aliphatic rings. The average molecular weight is 389 g/mol. The summed E-state index contributed by atoms with van der Waals surface area (Å²) in [4.78, 5) is 16.1.